The van der Waals surface area contributed by atoms with Crippen LogP contribution in [0.1, 0.15) is 37.7 Å². The van der Waals surface area contributed by atoms with Crippen molar-refractivity contribution in [3.63, 3.8) is 0 Å². The highest BCUT2D eigenvalue weighted by molar-refractivity contribution is 5.16. The molecule has 0 aliphatic rings. The molecule has 1 N–H and O–H groups in total. The minimum Gasteiger partial charge on any atom is -0.308 e. The van der Waals surface area contributed by atoms with Crippen LogP contribution < -0.4 is 5.32 Å². The third kappa shape index (κ3) is 3.94. The van der Waals surface area contributed by atoms with Gasteiger partial charge in [-0.05, 0) is 38.3 Å². The van der Waals surface area contributed by atoms with E-state index in [2.05, 4.69) is 72.3 Å². The van der Waals surface area contributed by atoms with Crippen molar-refractivity contribution >= 4 is 0 Å². The molecule has 0 saturated carbocycles. The quantitative estimate of drug-likeness (QED) is 0.838. The second-order valence-electron chi connectivity index (χ2n) is 5.27. The van der Waals surface area contributed by atoms with Gasteiger partial charge in [-0.1, -0.05) is 37.3 Å². The average Bonchev–Trinajstić information content (AvgIpc) is 2.88. The van der Waals surface area contributed by atoms with E-state index >= 15 is 0 Å². The molecule has 0 aliphatic heterocycles. The normalized spacial score (nSPS) is 12.6. The molecule has 1 aromatic heterocycles. The average molecular weight is 271 g/mol. The summed E-state index contributed by atoms with van der Waals surface area (Å²) in [5.74, 6) is 0. The zero-order valence-corrected chi connectivity index (χ0v) is 12.8. The van der Waals surface area contributed by atoms with E-state index in [1.165, 1.54) is 17.0 Å². The van der Waals surface area contributed by atoms with Crippen molar-refractivity contribution in [2.75, 3.05) is 0 Å². The molecule has 0 aliphatic carbocycles. The van der Waals surface area contributed by atoms with Gasteiger partial charge in [-0.25, -0.2) is 0 Å². The lowest BCUT2D eigenvalue weighted by Gasteiger charge is -2.14. The van der Waals surface area contributed by atoms with Crippen LogP contribution in [0.3, 0.4) is 0 Å². The second kappa shape index (κ2) is 7.25. The topological polar surface area (TPSA) is 29.9 Å². The summed E-state index contributed by atoms with van der Waals surface area (Å²) in [7, 11) is 0. The van der Waals surface area contributed by atoms with E-state index in [0.717, 1.165) is 25.9 Å². The van der Waals surface area contributed by atoms with E-state index in [0.29, 0.717) is 6.04 Å². The summed E-state index contributed by atoms with van der Waals surface area (Å²) >= 11 is 0. The first-order valence-electron chi connectivity index (χ1n) is 7.55. The Morgan fingerprint density at radius 1 is 1.20 bits per heavy atom. The Hall–Kier alpha value is -1.61. The van der Waals surface area contributed by atoms with Crippen LogP contribution in [0, 0.1) is 0 Å². The molecule has 2 rings (SSSR count). The third-order valence-corrected chi connectivity index (χ3v) is 3.59. The third-order valence-electron chi connectivity index (χ3n) is 3.59. The molecule has 1 unspecified atom stereocenters. The fourth-order valence-corrected chi connectivity index (χ4v) is 2.42. The van der Waals surface area contributed by atoms with Crippen LogP contribution in [0.15, 0.2) is 36.4 Å². The van der Waals surface area contributed by atoms with Gasteiger partial charge in [-0.15, -0.1) is 0 Å². The van der Waals surface area contributed by atoms with Crippen LogP contribution in [0.5, 0.6) is 0 Å². The van der Waals surface area contributed by atoms with Crippen molar-refractivity contribution < 1.29 is 0 Å². The number of aryl methyl sites for hydroxylation is 2. The molecular weight excluding hydrogens is 246 g/mol. The summed E-state index contributed by atoms with van der Waals surface area (Å²) < 4.78 is 2.10. The molecule has 1 atom stereocenters. The lowest BCUT2D eigenvalue weighted by molar-refractivity contribution is 0.513. The maximum Gasteiger partial charge on any atom is 0.0625 e. The summed E-state index contributed by atoms with van der Waals surface area (Å²) in [6, 6.07) is 13.3. The summed E-state index contributed by atoms with van der Waals surface area (Å²) in [4.78, 5) is 0. The molecule has 0 saturated heterocycles. The minimum absolute atomic E-state index is 0.461. The Balaban J connectivity index is 1.89. The molecule has 1 heterocycles. The van der Waals surface area contributed by atoms with Crippen molar-refractivity contribution in [3.8, 4) is 0 Å². The van der Waals surface area contributed by atoms with Gasteiger partial charge in [0, 0.05) is 19.1 Å². The number of rotatable bonds is 7. The SMILES string of the molecule is CCc1cc(CNC(C)Cc2ccccc2)n(CC)n1. The Morgan fingerprint density at radius 3 is 2.60 bits per heavy atom. The smallest absolute Gasteiger partial charge is 0.0625 e. The van der Waals surface area contributed by atoms with Crippen molar-refractivity contribution in [1.82, 2.24) is 15.1 Å². The zero-order valence-electron chi connectivity index (χ0n) is 12.8. The van der Waals surface area contributed by atoms with Crippen molar-refractivity contribution in [3.05, 3.63) is 53.3 Å². The molecule has 20 heavy (non-hydrogen) atoms. The maximum atomic E-state index is 4.59. The predicted molar refractivity (Wildman–Crippen MR) is 83.7 cm³/mol. The summed E-state index contributed by atoms with van der Waals surface area (Å²) in [6.45, 7) is 8.35. The van der Waals surface area contributed by atoms with E-state index in [1.54, 1.807) is 0 Å². The number of benzene rings is 1. The highest BCUT2D eigenvalue weighted by Crippen LogP contribution is 2.07. The van der Waals surface area contributed by atoms with Gasteiger partial charge in [-0.3, -0.25) is 4.68 Å². The van der Waals surface area contributed by atoms with E-state index in [4.69, 9.17) is 0 Å². The highest BCUT2D eigenvalue weighted by atomic mass is 15.3. The molecule has 108 valence electrons. The standard InChI is InChI=1S/C17H25N3/c1-4-16-12-17(20(5-2)19-16)13-18-14(3)11-15-9-7-6-8-10-15/h6-10,12,14,18H,4-5,11,13H2,1-3H3. The summed E-state index contributed by atoms with van der Waals surface area (Å²) in [6.07, 6.45) is 2.06. The maximum absolute atomic E-state index is 4.59. The van der Waals surface area contributed by atoms with Crippen LogP contribution in [0.2, 0.25) is 0 Å². The molecule has 0 amide bonds. The summed E-state index contributed by atoms with van der Waals surface area (Å²) in [5, 5.41) is 8.18. The highest BCUT2D eigenvalue weighted by Gasteiger charge is 2.08. The first kappa shape index (κ1) is 14.8. The van der Waals surface area contributed by atoms with Gasteiger partial charge in [0.15, 0.2) is 0 Å². The molecule has 0 fully saturated rings. The fourth-order valence-electron chi connectivity index (χ4n) is 2.42. The fraction of sp³-hybridized carbons (Fsp3) is 0.471. The lowest BCUT2D eigenvalue weighted by atomic mass is 10.1. The molecule has 0 spiro atoms. The van der Waals surface area contributed by atoms with Gasteiger partial charge >= 0.3 is 0 Å². The molecule has 3 heteroatoms. The minimum atomic E-state index is 0.461. The number of nitrogens with one attached hydrogen (secondary N) is 1. The molecule has 2 aromatic rings. The molecule has 1 aromatic carbocycles. The van der Waals surface area contributed by atoms with E-state index < -0.39 is 0 Å². The molecule has 0 bridgehead atoms. The first-order valence-corrected chi connectivity index (χ1v) is 7.55. The van der Waals surface area contributed by atoms with E-state index in [-0.39, 0.29) is 0 Å². The number of hydrogen-bond acceptors (Lipinski definition) is 2. The Kier molecular flexibility index (Phi) is 5.36. The first-order chi connectivity index (χ1) is 9.72. The number of hydrogen-bond donors (Lipinski definition) is 1. The molecule has 0 radical (unpaired) electrons. The van der Waals surface area contributed by atoms with E-state index in [1.807, 2.05) is 0 Å². The van der Waals surface area contributed by atoms with Crippen LogP contribution in [-0.4, -0.2) is 15.8 Å². The van der Waals surface area contributed by atoms with Crippen molar-refractivity contribution in [2.45, 2.75) is 52.7 Å². The number of nitrogens with zero attached hydrogens (tertiary/aromatic N) is 2. The predicted octanol–water partition coefficient (Wildman–Crippen LogP) is 3.19. The Labute approximate surface area is 122 Å². The number of aromatic nitrogens is 2. The molecule has 3 nitrogen and oxygen atoms in total. The van der Waals surface area contributed by atoms with Gasteiger partial charge in [0.25, 0.3) is 0 Å². The molecular formula is C17H25N3. The second-order valence-corrected chi connectivity index (χ2v) is 5.27. The monoisotopic (exact) mass is 271 g/mol. The van der Waals surface area contributed by atoms with Gasteiger partial charge in [0.05, 0.1) is 11.4 Å². The van der Waals surface area contributed by atoms with Crippen LogP contribution in [-0.2, 0) is 25.9 Å². The van der Waals surface area contributed by atoms with Gasteiger partial charge in [0.2, 0.25) is 0 Å². The lowest BCUT2D eigenvalue weighted by Crippen LogP contribution is -2.28. The van der Waals surface area contributed by atoms with Crippen LogP contribution in [0.25, 0.3) is 0 Å². The van der Waals surface area contributed by atoms with Gasteiger partial charge < -0.3 is 5.32 Å². The van der Waals surface area contributed by atoms with Gasteiger partial charge in [-0.2, -0.15) is 5.10 Å². The Morgan fingerprint density at radius 2 is 1.95 bits per heavy atom. The zero-order chi connectivity index (χ0) is 14.4. The largest absolute Gasteiger partial charge is 0.308 e. The Bertz CT molecular complexity index is 516. The van der Waals surface area contributed by atoms with Crippen molar-refractivity contribution in [2.24, 2.45) is 0 Å². The van der Waals surface area contributed by atoms with Crippen LogP contribution >= 0.6 is 0 Å². The van der Waals surface area contributed by atoms with E-state index in [9.17, 15) is 0 Å². The summed E-state index contributed by atoms with van der Waals surface area (Å²) in [5.41, 5.74) is 3.84. The van der Waals surface area contributed by atoms with Gasteiger partial charge in [0.1, 0.15) is 0 Å². The van der Waals surface area contributed by atoms with Crippen molar-refractivity contribution in [1.29, 1.82) is 0 Å². The van der Waals surface area contributed by atoms with Crippen LogP contribution in [0.4, 0.5) is 0 Å².